The molecule has 4 nitrogen and oxygen atoms in total. The fourth-order valence-corrected chi connectivity index (χ4v) is 2.07. The number of halogens is 2. The Kier molecular flexibility index (Phi) is 3.89. The Balaban J connectivity index is 2.12. The molecule has 0 bridgehead atoms. The lowest BCUT2D eigenvalue weighted by Gasteiger charge is -2.12. The number of nitrogens with zero attached hydrogens (tertiary/aromatic N) is 1. The second kappa shape index (κ2) is 5.42. The van der Waals surface area contributed by atoms with Crippen molar-refractivity contribution in [3.05, 3.63) is 51.8 Å². The van der Waals surface area contributed by atoms with Gasteiger partial charge in [-0.25, -0.2) is 0 Å². The highest BCUT2D eigenvalue weighted by atomic mass is 35.5. The Morgan fingerprint density at radius 2 is 2.00 bits per heavy atom. The van der Waals surface area contributed by atoms with E-state index in [1.54, 1.807) is 30.6 Å². The normalized spacial score (nSPS) is 12.2. The zero-order valence-corrected chi connectivity index (χ0v) is 11.1. The maximum Gasteiger partial charge on any atom is 0.251 e. The van der Waals surface area contributed by atoms with Crippen LogP contribution >= 0.6 is 23.2 Å². The number of amides is 1. The van der Waals surface area contributed by atoms with Crippen molar-refractivity contribution in [1.82, 2.24) is 15.5 Å². The summed E-state index contributed by atoms with van der Waals surface area (Å²) in [6, 6.07) is 4.59. The quantitative estimate of drug-likeness (QED) is 0.909. The van der Waals surface area contributed by atoms with Crippen LogP contribution in [0.1, 0.15) is 28.9 Å². The minimum absolute atomic E-state index is 0.144. The number of carbonyl (C=O) groups excluding carboxylic acids is 1. The van der Waals surface area contributed by atoms with E-state index in [1.807, 2.05) is 6.92 Å². The van der Waals surface area contributed by atoms with Gasteiger partial charge in [0.15, 0.2) is 0 Å². The summed E-state index contributed by atoms with van der Waals surface area (Å²) >= 11 is 11.7. The standard InChI is InChI=1S/C12H11Cl2N3O/c1-7(9-5-15-16-6-9)17-12(18)8-2-10(13)4-11(14)3-8/h2-7H,1H3,(H,15,16)(H,17,18). The van der Waals surface area contributed by atoms with E-state index < -0.39 is 0 Å². The van der Waals surface area contributed by atoms with Gasteiger partial charge in [-0.05, 0) is 25.1 Å². The highest BCUT2D eigenvalue weighted by Gasteiger charge is 2.13. The second-order valence-electron chi connectivity index (χ2n) is 3.88. The molecule has 0 aliphatic rings. The Bertz CT molecular complexity index is 534. The van der Waals surface area contributed by atoms with Crippen LogP contribution in [0, 0.1) is 0 Å². The van der Waals surface area contributed by atoms with E-state index >= 15 is 0 Å². The molecule has 94 valence electrons. The van der Waals surface area contributed by atoms with Gasteiger partial charge in [-0.2, -0.15) is 5.10 Å². The van der Waals surface area contributed by atoms with Crippen molar-refractivity contribution in [2.45, 2.75) is 13.0 Å². The zero-order chi connectivity index (χ0) is 13.1. The summed E-state index contributed by atoms with van der Waals surface area (Å²) < 4.78 is 0. The van der Waals surface area contributed by atoms with Gasteiger partial charge in [0.2, 0.25) is 0 Å². The second-order valence-corrected chi connectivity index (χ2v) is 4.76. The number of aromatic amines is 1. The lowest BCUT2D eigenvalue weighted by molar-refractivity contribution is 0.0940. The average Bonchev–Trinajstić information content (AvgIpc) is 2.80. The third kappa shape index (κ3) is 3.03. The van der Waals surface area contributed by atoms with Gasteiger partial charge in [0.1, 0.15) is 0 Å². The van der Waals surface area contributed by atoms with E-state index in [-0.39, 0.29) is 11.9 Å². The van der Waals surface area contributed by atoms with Gasteiger partial charge in [0.05, 0.1) is 12.2 Å². The van der Waals surface area contributed by atoms with Crippen LogP contribution in [0.15, 0.2) is 30.6 Å². The molecule has 18 heavy (non-hydrogen) atoms. The van der Waals surface area contributed by atoms with Gasteiger partial charge in [-0.15, -0.1) is 0 Å². The summed E-state index contributed by atoms with van der Waals surface area (Å²) in [7, 11) is 0. The van der Waals surface area contributed by atoms with Crippen LogP contribution in [-0.4, -0.2) is 16.1 Å². The number of aromatic nitrogens is 2. The van der Waals surface area contributed by atoms with E-state index in [2.05, 4.69) is 15.5 Å². The molecular weight excluding hydrogens is 273 g/mol. The molecule has 0 saturated carbocycles. The van der Waals surface area contributed by atoms with Crippen LogP contribution in [0.5, 0.6) is 0 Å². The van der Waals surface area contributed by atoms with Crippen molar-refractivity contribution in [3.63, 3.8) is 0 Å². The van der Waals surface area contributed by atoms with Crippen LogP contribution in [0.3, 0.4) is 0 Å². The molecule has 2 N–H and O–H groups in total. The van der Waals surface area contributed by atoms with E-state index in [1.165, 1.54) is 0 Å². The van der Waals surface area contributed by atoms with E-state index in [9.17, 15) is 4.79 Å². The Hall–Kier alpha value is -1.52. The van der Waals surface area contributed by atoms with E-state index in [0.29, 0.717) is 15.6 Å². The fraction of sp³-hybridized carbons (Fsp3) is 0.167. The van der Waals surface area contributed by atoms with Crippen molar-refractivity contribution >= 4 is 29.1 Å². The number of nitrogens with one attached hydrogen (secondary N) is 2. The largest absolute Gasteiger partial charge is 0.345 e. The Labute approximate surface area is 114 Å². The van der Waals surface area contributed by atoms with Crippen LogP contribution in [-0.2, 0) is 0 Å². The third-order valence-corrected chi connectivity index (χ3v) is 2.93. The number of hydrogen-bond acceptors (Lipinski definition) is 2. The van der Waals surface area contributed by atoms with Gasteiger partial charge in [0, 0.05) is 27.4 Å². The Morgan fingerprint density at radius 3 is 2.56 bits per heavy atom. The molecule has 0 aliphatic carbocycles. The van der Waals surface area contributed by atoms with Gasteiger partial charge >= 0.3 is 0 Å². The first-order chi connectivity index (χ1) is 8.56. The number of H-pyrrole nitrogens is 1. The summed E-state index contributed by atoms with van der Waals surface area (Å²) in [5.74, 6) is -0.229. The molecule has 1 aromatic heterocycles. The van der Waals surface area contributed by atoms with Crippen LogP contribution in [0.4, 0.5) is 0 Å². The molecule has 1 amide bonds. The smallest absolute Gasteiger partial charge is 0.251 e. The maximum absolute atomic E-state index is 12.0. The lowest BCUT2D eigenvalue weighted by atomic mass is 10.1. The van der Waals surface area contributed by atoms with E-state index in [0.717, 1.165) is 5.56 Å². The van der Waals surface area contributed by atoms with Crippen molar-refractivity contribution in [2.75, 3.05) is 0 Å². The first kappa shape index (κ1) is 12.9. The van der Waals surface area contributed by atoms with Crippen molar-refractivity contribution in [2.24, 2.45) is 0 Å². The summed E-state index contributed by atoms with van der Waals surface area (Å²) in [6.45, 7) is 1.87. The van der Waals surface area contributed by atoms with E-state index in [4.69, 9.17) is 23.2 Å². The molecule has 2 aromatic rings. The maximum atomic E-state index is 12.0. The minimum Gasteiger partial charge on any atom is -0.345 e. The molecule has 1 aromatic carbocycles. The van der Waals surface area contributed by atoms with Gasteiger partial charge in [-0.3, -0.25) is 9.89 Å². The molecule has 0 fully saturated rings. The molecule has 1 unspecified atom stereocenters. The molecule has 1 heterocycles. The van der Waals surface area contributed by atoms with Crippen molar-refractivity contribution in [1.29, 1.82) is 0 Å². The number of carbonyl (C=O) groups is 1. The number of hydrogen-bond donors (Lipinski definition) is 2. The highest BCUT2D eigenvalue weighted by molar-refractivity contribution is 6.35. The molecule has 0 radical (unpaired) electrons. The monoisotopic (exact) mass is 283 g/mol. The van der Waals surface area contributed by atoms with Crippen molar-refractivity contribution < 1.29 is 4.79 Å². The third-order valence-electron chi connectivity index (χ3n) is 2.49. The SMILES string of the molecule is CC(NC(=O)c1cc(Cl)cc(Cl)c1)c1cn[nH]c1. The van der Waals surface area contributed by atoms with Gasteiger partial charge in [0.25, 0.3) is 5.91 Å². The van der Waals surface area contributed by atoms with Crippen molar-refractivity contribution in [3.8, 4) is 0 Å². The summed E-state index contributed by atoms with van der Waals surface area (Å²) in [5.41, 5.74) is 1.33. The topological polar surface area (TPSA) is 57.8 Å². The molecule has 1 atom stereocenters. The van der Waals surface area contributed by atoms with Gasteiger partial charge in [-0.1, -0.05) is 23.2 Å². The molecular formula is C12H11Cl2N3O. The van der Waals surface area contributed by atoms with Crippen LogP contribution in [0.25, 0.3) is 0 Å². The summed E-state index contributed by atoms with van der Waals surface area (Å²) in [4.78, 5) is 12.0. The van der Waals surface area contributed by atoms with Crippen LogP contribution in [0.2, 0.25) is 10.0 Å². The number of rotatable bonds is 3. The highest BCUT2D eigenvalue weighted by Crippen LogP contribution is 2.19. The predicted octanol–water partition coefficient (Wildman–Crippen LogP) is 3.21. The summed E-state index contributed by atoms with van der Waals surface area (Å²) in [6.07, 6.45) is 3.39. The molecule has 0 aliphatic heterocycles. The minimum atomic E-state index is -0.229. The molecule has 6 heteroatoms. The summed E-state index contributed by atoms with van der Waals surface area (Å²) in [5, 5.41) is 10.2. The van der Waals surface area contributed by atoms with Gasteiger partial charge < -0.3 is 5.32 Å². The average molecular weight is 284 g/mol. The number of benzene rings is 1. The lowest BCUT2D eigenvalue weighted by Crippen LogP contribution is -2.26. The van der Waals surface area contributed by atoms with Crippen LogP contribution < -0.4 is 5.32 Å². The molecule has 2 rings (SSSR count). The molecule has 0 spiro atoms. The fourth-order valence-electron chi connectivity index (χ4n) is 1.55. The predicted molar refractivity (Wildman–Crippen MR) is 70.9 cm³/mol. The first-order valence-corrected chi connectivity index (χ1v) is 6.07. The Morgan fingerprint density at radius 1 is 1.33 bits per heavy atom. The zero-order valence-electron chi connectivity index (χ0n) is 9.58. The molecule has 0 saturated heterocycles. The first-order valence-electron chi connectivity index (χ1n) is 5.32.